The van der Waals surface area contributed by atoms with Gasteiger partial charge >= 0.3 is 0 Å². The second-order valence-corrected chi connectivity index (χ2v) is 9.42. The Morgan fingerprint density at radius 3 is 1.53 bits per heavy atom. The summed E-state index contributed by atoms with van der Waals surface area (Å²) in [7, 11) is 2.14. The fourth-order valence-electron chi connectivity index (χ4n) is 5.32. The van der Waals surface area contributed by atoms with Gasteiger partial charge in [0.2, 0.25) is 0 Å². The van der Waals surface area contributed by atoms with Gasteiger partial charge < -0.3 is 23.8 Å². The zero-order valence-electron chi connectivity index (χ0n) is 19.5. The number of hydrogen-bond acceptors (Lipinski definition) is 4. The van der Waals surface area contributed by atoms with Gasteiger partial charge in [-0.05, 0) is 101 Å². The molecule has 2 aliphatic rings. The van der Waals surface area contributed by atoms with E-state index in [-0.39, 0.29) is 0 Å². The van der Waals surface area contributed by atoms with E-state index in [0.29, 0.717) is 0 Å². The van der Waals surface area contributed by atoms with Crippen molar-refractivity contribution in [2.75, 3.05) is 52.5 Å². The lowest BCUT2D eigenvalue weighted by atomic mass is 10.1. The minimum atomic E-state index is 0.776. The van der Waals surface area contributed by atoms with Crippen LogP contribution in [-0.4, -0.2) is 66.8 Å². The maximum Gasteiger partial charge on any atom is 0.120 e. The molecule has 0 unspecified atom stereocenters. The average molecular weight is 436 g/mol. The van der Waals surface area contributed by atoms with Gasteiger partial charge in [0, 0.05) is 41.9 Å². The summed E-state index contributed by atoms with van der Waals surface area (Å²) in [6.07, 6.45) is 7.57. The molecule has 0 amide bonds. The highest BCUT2D eigenvalue weighted by Crippen LogP contribution is 2.33. The lowest BCUT2D eigenvalue weighted by Gasteiger charge is -2.14. The molecule has 5 rings (SSSR count). The van der Waals surface area contributed by atoms with Crippen LogP contribution in [-0.2, 0) is 7.05 Å². The number of benzene rings is 2. The Hall–Kier alpha value is -2.24. The van der Waals surface area contributed by atoms with E-state index in [1.807, 2.05) is 0 Å². The van der Waals surface area contributed by atoms with Crippen molar-refractivity contribution in [3.05, 3.63) is 36.4 Å². The number of rotatable bonds is 10. The zero-order valence-corrected chi connectivity index (χ0v) is 19.5. The van der Waals surface area contributed by atoms with E-state index in [2.05, 4.69) is 57.8 Å². The highest BCUT2D eigenvalue weighted by Gasteiger charge is 2.13. The third-order valence-electron chi connectivity index (χ3n) is 7.12. The average Bonchev–Trinajstić information content (AvgIpc) is 3.57. The highest BCUT2D eigenvalue weighted by atomic mass is 16.5. The van der Waals surface area contributed by atoms with Gasteiger partial charge in [0.05, 0.1) is 13.2 Å². The maximum absolute atomic E-state index is 6.12. The summed E-state index contributed by atoms with van der Waals surface area (Å²) in [5, 5.41) is 2.48. The van der Waals surface area contributed by atoms with E-state index in [9.17, 15) is 0 Å². The lowest BCUT2D eigenvalue weighted by Crippen LogP contribution is -2.21. The van der Waals surface area contributed by atoms with Crippen molar-refractivity contribution >= 4 is 21.8 Å². The molecule has 0 bridgehead atoms. The first-order valence-electron chi connectivity index (χ1n) is 12.5. The van der Waals surface area contributed by atoms with Crippen LogP contribution in [0.1, 0.15) is 38.5 Å². The summed E-state index contributed by atoms with van der Waals surface area (Å²) in [6.45, 7) is 8.87. The van der Waals surface area contributed by atoms with Crippen LogP contribution in [0, 0.1) is 0 Å². The Kier molecular flexibility index (Phi) is 6.84. The van der Waals surface area contributed by atoms with Crippen molar-refractivity contribution in [1.82, 2.24) is 14.4 Å². The van der Waals surface area contributed by atoms with E-state index in [0.717, 1.165) is 50.6 Å². The molecule has 0 N–H and O–H groups in total. The summed E-state index contributed by atoms with van der Waals surface area (Å²) in [6, 6.07) is 13.0. The SMILES string of the molecule is Cn1c2ccc(OCCCN3CCCC3)cc2c2cc(OCCCN3CCCC3)ccc21. The Labute approximate surface area is 191 Å². The van der Waals surface area contributed by atoms with Crippen molar-refractivity contribution < 1.29 is 9.47 Å². The second kappa shape index (κ2) is 10.1. The minimum absolute atomic E-state index is 0.776. The highest BCUT2D eigenvalue weighted by molar-refractivity contribution is 6.08. The van der Waals surface area contributed by atoms with Crippen LogP contribution >= 0.6 is 0 Å². The number of likely N-dealkylation sites (tertiary alicyclic amines) is 2. The van der Waals surface area contributed by atoms with Gasteiger partial charge in [0.15, 0.2) is 0 Å². The van der Waals surface area contributed by atoms with Gasteiger partial charge in [-0.3, -0.25) is 0 Å². The summed E-state index contributed by atoms with van der Waals surface area (Å²) in [4.78, 5) is 5.09. The first-order valence-corrected chi connectivity index (χ1v) is 12.5. The molecule has 32 heavy (non-hydrogen) atoms. The number of nitrogens with zero attached hydrogens (tertiary/aromatic N) is 3. The molecule has 2 aromatic carbocycles. The Balaban J connectivity index is 1.23. The van der Waals surface area contributed by atoms with E-state index in [1.54, 1.807) is 0 Å². The predicted molar refractivity (Wildman–Crippen MR) is 132 cm³/mol. The normalized spacial score (nSPS) is 17.7. The Bertz CT molecular complexity index is 951. The van der Waals surface area contributed by atoms with Crippen LogP contribution in [0.15, 0.2) is 36.4 Å². The number of aryl methyl sites for hydroxylation is 1. The van der Waals surface area contributed by atoms with E-state index < -0.39 is 0 Å². The molecule has 5 heteroatoms. The van der Waals surface area contributed by atoms with Gasteiger partial charge in [-0.25, -0.2) is 0 Å². The van der Waals surface area contributed by atoms with Crippen molar-refractivity contribution in [2.45, 2.75) is 38.5 Å². The molecule has 0 radical (unpaired) electrons. The number of ether oxygens (including phenoxy) is 2. The van der Waals surface area contributed by atoms with Gasteiger partial charge in [0.1, 0.15) is 11.5 Å². The molecule has 3 aromatic rings. The maximum atomic E-state index is 6.12. The molecule has 2 fully saturated rings. The number of aromatic nitrogens is 1. The quantitative estimate of drug-likeness (QED) is 0.416. The molecule has 2 saturated heterocycles. The van der Waals surface area contributed by atoms with E-state index >= 15 is 0 Å². The summed E-state index contributed by atoms with van der Waals surface area (Å²) < 4.78 is 14.5. The van der Waals surface area contributed by atoms with Crippen LogP contribution in [0.25, 0.3) is 21.8 Å². The molecule has 2 aliphatic heterocycles. The van der Waals surface area contributed by atoms with Crippen LogP contribution in [0.3, 0.4) is 0 Å². The smallest absolute Gasteiger partial charge is 0.120 e. The monoisotopic (exact) mass is 435 g/mol. The van der Waals surface area contributed by atoms with Gasteiger partial charge in [-0.15, -0.1) is 0 Å². The van der Waals surface area contributed by atoms with Crippen LogP contribution in [0.4, 0.5) is 0 Å². The standard InChI is InChI=1S/C27H37N3O2/c1-28-26-10-8-22(31-18-6-16-29-12-2-3-13-29)20-24(26)25-21-23(9-11-27(25)28)32-19-7-17-30-14-4-5-15-30/h8-11,20-21H,2-7,12-19H2,1H3. The fourth-order valence-corrected chi connectivity index (χ4v) is 5.32. The predicted octanol–water partition coefficient (Wildman–Crippen LogP) is 5.06. The fraction of sp³-hybridized carbons (Fsp3) is 0.556. The molecule has 5 nitrogen and oxygen atoms in total. The molecular weight excluding hydrogens is 398 g/mol. The molecular formula is C27H37N3O2. The van der Waals surface area contributed by atoms with Crippen molar-refractivity contribution in [3.8, 4) is 11.5 Å². The summed E-state index contributed by atoms with van der Waals surface area (Å²) in [5.74, 6) is 1.92. The molecule has 3 heterocycles. The van der Waals surface area contributed by atoms with Crippen molar-refractivity contribution in [2.24, 2.45) is 7.05 Å². The second-order valence-electron chi connectivity index (χ2n) is 9.42. The Morgan fingerprint density at radius 1 is 0.656 bits per heavy atom. The molecule has 0 saturated carbocycles. The minimum Gasteiger partial charge on any atom is -0.494 e. The van der Waals surface area contributed by atoms with Crippen LogP contribution < -0.4 is 9.47 Å². The van der Waals surface area contributed by atoms with Crippen LogP contribution in [0.2, 0.25) is 0 Å². The van der Waals surface area contributed by atoms with Crippen molar-refractivity contribution in [1.29, 1.82) is 0 Å². The third-order valence-corrected chi connectivity index (χ3v) is 7.12. The lowest BCUT2D eigenvalue weighted by molar-refractivity contribution is 0.263. The Morgan fingerprint density at radius 2 is 1.09 bits per heavy atom. The third kappa shape index (κ3) is 4.89. The van der Waals surface area contributed by atoms with E-state index in [4.69, 9.17) is 9.47 Å². The molecule has 0 atom stereocenters. The largest absolute Gasteiger partial charge is 0.494 e. The van der Waals surface area contributed by atoms with Gasteiger partial charge in [-0.2, -0.15) is 0 Å². The van der Waals surface area contributed by atoms with Crippen molar-refractivity contribution in [3.63, 3.8) is 0 Å². The molecule has 0 aliphatic carbocycles. The number of hydrogen-bond donors (Lipinski definition) is 0. The molecule has 1 aromatic heterocycles. The first kappa shape index (κ1) is 21.6. The summed E-state index contributed by atoms with van der Waals surface area (Å²) >= 11 is 0. The van der Waals surface area contributed by atoms with Gasteiger partial charge in [-0.1, -0.05) is 0 Å². The first-order chi connectivity index (χ1) is 15.8. The van der Waals surface area contributed by atoms with Crippen LogP contribution in [0.5, 0.6) is 11.5 Å². The topological polar surface area (TPSA) is 29.9 Å². The number of fused-ring (bicyclic) bond motifs is 3. The van der Waals surface area contributed by atoms with E-state index in [1.165, 1.54) is 73.7 Å². The van der Waals surface area contributed by atoms with Gasteiger partial charge in [0.25, 0.3) is 0 Å². The molecule has 0 spiro atoms. The summed E-state index contributed by atoms with van der Waals surface area (Å²) in [5.41, 5.74) is 2.46. The molecule has 172 valence electrons. The zero-order chi connectivity index (χ0) is 21.8.